The Morgan fingerprint density at radius 2 is 1.93 bits per heavy atom. The Balaban J connectivity index is 1.85. The Labute approximate surface area is 191 Å². The van der Waals surface area contributed by atoms with E-state index in [0.717, 1.165) is 33.5 Å². The van der Waals surface area contributed by atoms with Crippen molar-refractivity contribution in [3.8, 4) is 0 Å². The Morgan fingerprint density at radius 1 is 1.23 bits per heavy atom. The van der Waals surface area contributed by atoms with Crippen LogP contribution in [0.4, 0.5) is 5.69 Å². The number of nitrogens with zero attached hydrogens (tertiary/aromatic N) is 1. The third-order valence-corrected chi connectivity index (χ3v) is 7.30. The fourth-order valence-corrected chi connectivity index (χ4v) is 5.71. The number of thioether (sulfide) groups is 1. The Hall–Kier alpha value is -1.73. The predicted molar refractivity (Wildman–Crippen MR) is 130 cm³/mol. The number of nitrogens with one attached hydrogen (secondary N) is 2. The molecular formula is C23H30BrN3O2S. The van der Waals surface area contributed by atoms with E-state index < -0.39 is 0 Å². The van der Waals surface area contributed by atoms with E-state index in [9.17, 15) is 9.59 Å². The highest BCUT2D eigenvalue weighted by Gasteiger charge is 2.24. The van der Waals surface area contributed by atoms with Gasteiger partial charge in [-0.05, 0) is 81.4 Å². The van der Waals surface area contributed by atoms with Gasteiger partial charge in [-0.1, -0.05) is 15.9 Å². The number of halogens is 1. The number of carbonyl (C=O) groups is 1. The lowest BCUT2D eigenvalue weighted by Gasteiger charge is -2.36. The van der Waals surface area contributed by atoms with Crippen molar-refractivity contribution in [1.82, 2.24) is 10.3 Å². The standard InChI is InChI=1S/C23H30BrN3O2S/c1-5-27(18-6-8-30-9-7-18)21-12-17(24)11-19(16(21)4)22(28)25-13-20-14(2)10-15(3)26-23(20)29/h10-12,18H,5-9,13H2,1-4H3,(H,25,28)(H,26,29). The number of benzene rings is 1. The van der Waals surface area contributed by atoms with Crippen LogP contribution in [0.15, 0.2) is 27.5 Å². The van der Waals surface area contributed by atoms with Crippen molar-refractivity contribution in [2.45, 2.75) is 53.1 Å². The first-order chi connectivity index (χ1) is 14.3. The summed E-state index contributed by atoms with van der Waals surface area (Å²) in [6.45, 7) is 9.06. The highest BCUT2D eigenvalue weighted by molar-refractivity contribution is 9.10. The molecule has 0 atom stereocenters. The van der Waals surface area contributed by atoms with E-state index in [4.69, 9.17) is 0 Å². The largest absolute Gasteiger partial charge is 0.369 e. The number of H-pyrrole nitrogens is 1. The summed E-state index contributed by atoms with van der Waals surface area (Å²) in [5.41, 5.74) is 4.88. The van der Waals surface area contributed by atoms with Crippen molar-refractivity contribution < 1.29 is 4.79 Å². The van der Waals surface area contributed by atoms with Crippen LogP contribution in [-0.2, 0) is 6.54 Å². The number of anilines is 1. The first-order valence-electron chi connectivity index (χ1n) is 10.4. The van der Waals surface area contributed by atoms with Gasteiger partial charge in [-0.15, -0.1) is 0 Å². The van der Waals surface area contributed by atoms with Gasteiger partial charge in [0.05, 0.1) is 0 Å². The summed E-state index contributed by atoms with van der Waals surface area (Å²) in [4.78, 5) is 30.6. The second kappa shape index (κ2) is 10.1. The van der Waals surface area contributed by atoms with Crippen LogP contribution in [0, 0.1) is 20.8 Å². The summed E-state index contributed by atoms with van der Waals surface area (Å²) in [6.07, 6.45) is 2.34. The number of amides is 1. The van der Waals surface area contributed by atoms with Gasteiger partial charge >= 0.3 is 0 Å². The lowest BCUT2D eigenvalue weighted by Crippen LogP contribution is -2.38. The van der Waals surface area contributed by atoms with E-state index in [-0.39, 0.29) is 18.0 Å². The first-order valence-corrected chi connectivity index (χ1v) is 12.4. The molecule has 1 aromatic heterocycles. The molecule has 5 nitrogen and oxygen atoms in total. The molecule has 1 aliphatic heterocycles. The first kappa shape index (κ1) is 22.9. The molecule has 3 rings (SSSR count). The summed E-state index contributed by atoms with van der Waals surface area (Å²) in [6, 6.07) is 6.42. The van der Waals surface area contributed by atoms with Gasteiger partial charge in [0, 0.05) is 46.1 Å². The highest BCUT2D eigenvalue weighted by Crippen LogP contribution is 2.33. The van der Waals surface area contributed by atoms with Crippen LogP contribution in [-0.4, -0.2) is 35.0 Å². The minimum atomic E-state index is -0.162. The average Bonchev–Trinajstić information content (AvgIpc) is 2.70. The molecule has 0 radical (unpaired) electrons. The summed E-state index contributed by atoms with van der Waals surface area (Å²) in [5.74, 6) is 2.21. The molecule has 0 spiro atoms. The monoisotopic (exact) mass is 491 g/mol. The highest BCUT2D eigenvalue weighted by atomic mass is 79.9. The van der Waals surface area contributed by atoms with Crippen LogP contribution in [0.3, 0.4) is 0 Å². The molecule has 2 heterocycles. The molecule has 162 valence electrons. The molecule has 0 bridgehead atoms. The summed E-state index contributed by atoms with van der Waals surface area (Å²) < 4.78 is 0.890. The fourth-order valence-electron chi connectivity index (χ4n) is 4.19. The van der Waals surface area contributed by atoms with Gasteiger partial charge in [0.25, 0.3) is 11.5 Å². The molecular weight excluding hydrogens is 462 g/mol. The number of aromatic nitrogens is 1. The minimum Gasteiger partial charge on any atom is -0.369 e. The van der Waals surface area contributed by atoms with Crippen LogP contribution in [0.1, 0.15) is 52.5 Å². The van der Waals surface area contributed by atoms with Crippen molar-refractivity contribution in [1.29, 1.82) is 0 Å². The topological polar surface area (TPSA) is 65.2 Å². The Kier molecular flexibility index (Phi) is 7.69. The van der Waals surface area contributed by atoms with E-state index in [2.05, 4.69) is 44.1 Å². The molecule has 7 heteroatoms. The smallest absolute Gasteiger partial charge is 0.253 e. The van der Waals surface area contributed by atoms with Crippen molar-refractivity contribution in [3.05, 3.63) is 61.0 Å². The maximum atomic E-state index is 13.1. The second-order valence-electron chi connectivity index (χ2n) is 7.85. The van der Waals surface area contributed by atoms with Gasteiger partial charge in [0.1, 0.15) is 0 Å². The number of carbonyl (C=O) groups excluding carboxylic acids is 1. The lowest BCUT2D eigenvalue weighted by atomic mass is 10.0. The summed E-state index contributed by atoms with van der Waals surface area (Å²) in [7, 11) is 0. The van der Waals surface area contributed by atoms with Gasteiger partial charge in [0.15, 0.2) is 0 Å². The number of aromatic amines is 1. The van der Waals surface area contributed by atoms with Crippen molar-refractivity contribution in [2.24, 2.45) is 0 Å². The normalized spacial score (nSPS) is 14.6. The molecule has 1 aliphatic rings. The maximum Gasteiger partial charge on any atom is 0.253 e. The van der Waals surface area contributed by atoms with Crippen LogP contribution in [0.5, 0.6) is 0 Å². The zero-order valence-corrected chi connectivity index (χ0v) is 20.5. The molecule has 2 aromatic rings. The number of hydrogen-bond donors (Lipinski definition) is 2. The van der Waals surface area contributed by atoms with Gasteiger partial charge in [-0.2, -0.15) is 11.8 Å². The number of hydrogen-bond acceptors (Lipinski definition) is 4. The molecule has 0 saturated carbocycles. The van der Waals surface area contributed by atoms with Crippen LogP contribution in [0.2, 0.25) is 0 Å². The molecule has 0 unspecified atom stereocenters. The minimum absolute atomic E-state index is 0.147. The van der Waals surface area contributed by atoms with Crippen molar-refractivity contribution >= 4 is 39.3 Å². The average molecular weight is 492 g/mol. The van der Waals surface area contributed by atoms with Crippen LogP contribution < -0.4 is 15.8 Å². The van der Waals surface area contributed by atoms with Gasteiger partial charge in [-0.3, -0.25) is 9.59 Å². The number of aryl methyl sites for hydroxylation is 2. The third kappa shape index (κ3) is 5.11. The van der Waals surface area contributed by atoms with E-state index in [1.807, 2.05) is 44.7 Å². The predicted octanol–water partition coefficient (Wildman–Crippen LogP) is 4.71. The Morgan fingerprint density at radius 3 is 2.57 bits per heavy atom. The van der Waals surface area contributed by atoms with Crippen molar-refractivity contribution in [2.75, 3.05) is 23.0 Å². The third-order valence-electron chi connectivity index (χ3n) is 5.79. The molecule has 1 saturated heterocycles. The number of rotatable bonds is 6. The lowest BCUT2D eigenvalue weighted by molar-refractivity contribution is 0.0950. The van der Waals surface area contributed by atoms with E-state index >= 15 is 0 Å². The molecule has 1 amide bonds. The van der Waals surface area contributed by atoms with Crippen LogP contribution >= 0.6 is 27.7 Å². The van der Waals surface area contributed by atoms with Crippen LogP contribution in [0.25, 0.3) is 0 Å². The molecule has 2 N–H and O–H groups in total. The van der Waals surface area contributed by atoms with E-state index in [1.54, 1.807) is 0 Å². The fraction of sp³-hybridized carbons (Fsp3) is 0.478. The van der Waals surface area contributed by atoms with Gasteiger partial charge in [-0.25, -0.2) is 0 Å². The van der Waals surface area contributed by atoms with Gasteiger partial charge in [0.2, 0.25) is 0 Å². The number of pyridine rings is 1. The van der Waals surface area contributed by atoms with Gasteiger partial charge < -0.3 is 15.2 Å². The molecule has 0 aliphatic carbocycles. The molecule has 1 fully saturated rings. The van der Waals surface area contributed by atoms with E-state index in [0.29, 0.717) is 17.2 Å². The summed E-state index contributed by atoms with van der Waals surface area (Å²) >= 11 is 5.62. The SMILES string of the molecule is CCN(c1cc(Br)cc(C(=O)NCc2c(C)cc(C)[nH]c2=O)c1C)C1CCSCC1. The molecule has 30 heavy (non-hydrogen) atoms. The maximum absolute atomic E-state index is 13.1. The van der Waals surface area contributed by atoms with E-state index in [1.165, 1.54) is 24.3 Å². The molecule has 1 aromatic carbocycles. The zero-order chi connectivity index (χ0) is 21.8. The Bertz CT molecular complexity index is 983. The van der Waals surface area contributed by atoms with Crippen molar-refractivity contribution in [3.63, 3.8) is 0 Å². The summed E-state index contributed by atoms with van der Waals surface area (Å²) in [5, 5.41) is 2.95. The quantitative estimate of drug-likeness (QED) is 0.613. The zero-order valence-electron chi connectivity index (χ0n) is 18.1. The second-order valence-corrected chi connectivity index (χ2v) is 9.99.